The summed E-state index contributed by atoms with van der Waals surface area (Å²) in [6, 6.07) is 11.1. The van der Waals surface area contributed by atoms with Crippen molar-refractivity contribution >= 4 is 17.7 Å². The van der Waals surface area contributed by atoms with Gasteiger partial charge in [-0.3, -0.25) is 0 Å². The van der Waals surface area contributed by atoms with Gasteiger partial charge in [-0.05, 0) is 49.7 Å². The van der Waals surface area contributed by atoms with E-state index in [1.165, 1.54) is 7.11 Å². The molecule has 0 saturated carbocycles. The van der Waals surface area contributed by atoms with Crippen molar-refractivity contribution < 1.29 is 28.5 Å². The zero-order valence-corrected chi connectivity index (χ0v) is 18.0. The van der Waals surface area contributed by atoms with E-state index in [0.29, 0.717) is 40.7 Å². The molecular weight excluding hydrogens is 400 g/mol. The van der Waals surface area contributed by atoms with E-state index in [9.17, 15) is 9.59 Å². The fraction of sp³-hybridized carbons (Fsp3) is 0.304. The highest BCUT2D eigenvalue weighted by molar-refractivity contribution is 6.04. The van der Waals surface area contributed by atoms with Gasteiger partial charge in [-0.2, -0.15) is 0 Å². The number of methoxy groups -OCH3 is 2. The third-order valence-corrected chi connectivity index (χ3v) is 4.77. The summed E-state index contributed by atoms with van der Waals surface area (Å²) in [7, 11) is 3.10. The summed E-state index contributed by atoms with van der Waals surface area (Å²) in [4.78, 5) is 25.6. The number of benzene rings is 2. The standard InChI is InChI=1S/C23H26N2O6/c1-5-30-21-16(8-7-9-17(21)29-4)20-18(22(26)31-6-2)19(24-23(27)25-20)14-10-12-15(28-3)13-11-14/h7-13,20H,5-6H2,1-4H3,(H2,24,25,27). The number of carbonyl (C=O) groups is 2. The van der Waals surface area contributed by atoms with Crippen molar-refractivity contribution in [1.82, 2.24) is 10.6 Å². The Labute approximate surface area is 181 Å². The molecule has 1 heterocycles. The van der Waals surface area contributed by atoms with Gasteiger partial charge in [0.1, 0.15) is 5.75 Å². The van der Waals surface area contributed by atoms with Crippen LogP contribution in [0.3, 0.4) is 0 Å². The molecule has 2 N–H and O–H groups in total. The number of nitrogens with one attached hydrogen (secondary N) is 2. The van der Waals surface area contributed by atoms with Crippen LogP contribution in [0.2, 0.25) is 0 Å². The smallest absolute Gasteiger partial charge is 0.338 e. The number of hydrogen-bond acceptors (Lipinski definition) is 6. The molecule has 1 aliphatic heterocycles. The maximum absolute atomic E-state index is 13.1. The number of urea groups is 1. The minimum absolute atomic E-state index is 0.190. The molecule has 2 aromatic rings. The highest BCUT2D eigenvalue weighted by Crippen LogP contribution is 2.40. The first-order chi connectivity index (χ1) is 15.0. The van der Waals surface area contributed by atoms with Crippen molar-refractivity contribution in [3.05, 3.63) is 59.2 Å². The second-order valence-electron chi connectivity index (χ2n) is 6.58. The third kappa shape index (κ3) is 4.58. The summed E-state index contributed by atoms with van der Waals surface area (Å²) >= 11 is 0. The summed E-state index contributed by atoms with van der Waals surface area (Å²) < 4.78 is 21.8. The number of para-hydroxylation sites is 1. The number of carbonyl (C=O) groups excluding carboxylic acids is 2. The molecule has 0 radical (unpaired) electrons. The van der Waals surface area contributed by atoms with Crippen LogP contribution in [0.25, 0.3) is 5.70 Å². The van der Waals surface area contributed by atoms with Crippen LogP contribution >= 0.6 is 0 Å². The van der Waals surface area contributed by atoms with Gasteiger partial charge in [-0.1, -0.05) is 12.1 Å². The van der Waals surface area contributed by atoms with Gasteiger partial charge in [-0.15, -0.1) is 0 Å². The molecule has 164 valence electrons. The number of amides is 2. The Balaban J connectivity index is 2.22. The van der Waals surface area contributed by atoms with Crippen LogP contribution in [0.1, 0.15) is 31.0 Å². The van der Waals surface area contributed by atoms with Gasteiger partial charge in [-0.25, -0.2) is 9.59 Å². The van der Waals surface area contributed by atoms with Gasteiger partial charge in [0.05, 0.1) is 44.7 Å². The van der Waals surface area contributed by atoms with Crippen LogP contribution in [0.4, 0.5) is 4.79 Å². The molecule has 3 rings (SSSR count). The Bertz CT molecular complexity index is 984. The second-order valence-corrected chi connectivity index (χ2v) is 6.58. The van der Waals surface area contributed by atoms with E-state index in [4.69, 9.17) is 18.9 Å². The Hall–Kier alpha value is -3.68. The first-order valence-corrected chi connectivity index (χ1v) is 9.96. The molecule has 0 fully saturated rings. The van der Waals surface area contributed by atoms with E-state index in [0.717, 1.165) is 0 Å². The molecule has 0 saturated heterocycles. The fourth-order valence-electron chi connectivity index (χ4n) is 3.43. The SMILES string of the molecule is CCOC(=O)C1=C(c2ccc(OC)cc2)NC(=O)NC1c1cccc(OC)c1OCC. The van der Waals surface area contributed by atoms with Gasteiger partial charge in [0.25, 0.3) is 0 Å². The van der Waals surface area contributed by atoms with E-state index in [1.54, 1.807) is 56.5 Å². The molecule has 1 atom stereocenters. The normalized spacial score (nSPS) is 15.6. The Kier molecular flexibility index (Phi) is 7.02. The quantitative estimate of drug-likeness (QED) is 0.628. The predicted molar refractivity (Wildman–Crippen MR) is 115 cm³/mol. The molecule has 0 aromatic heterocycles. The third-order valence-electron chi connectivity index (χ3n) is 4.77. The van der Waals surface area contributed by atoms with Crippen LogP contribution in [-0.2, 0) is 9.53 Å². The van der Waals surface area contributed by atoms with E-state index in [-0.39, 0.29) is 12.2 Å². The zero-order chi connectivity index (χ0) is 22.4. The Morgan fingerprint density at radius 2 is 1.74 bits per heavy atom. The average Bonchev–Trinajstić information content (AvgIpc) is 2.79. The van der Waals surface area contributed by atoms with Gasteiger partial charge in [0, 0.05) is 5.56 Å². The lowest BCUT2D eigenvalue weighted by Crippen LogP contribution is -2.45. The highest BCUT2D eigenvalue weighted by Gasteiger charge is 2.36. The molecular formula is C23H26N2O6. The molecule has 2 amide bonds. The van der Waals surface area contributed by atoms with Crippen LogP contribution in [-0.4, -0.2) is 39.4 Å². The maximum atomic E-state index is 13.1. The van der Waals surface area contributed by atoms with Crippen molar-refractivity contribution in [3.8, 4) is 17.2 Å². The summed E-state index contributed by atoms with van der Waals surface area (Å²) in [5.41, 5.74) is 1.86. The Morgan fingerprint density at radius 1 is 1.00 bits per heavy atom. The topological polar surface area (TPSA) is 95.1 Å². The minimum Gasteiger partial charge on any atom is -0.497 e. The lowest BCUT2D eigenvalue weighted by Gasteiger charge is -2.30. The number of hydrogen-bond donors (Lipinski definition) is 2. The zero-order valence-electron chi connectivity index (χ0n) is 18.0. The molecule has 0 aliphatic carbocycles. The predicted octanol–water partition coefficient (Wildman–Crippen LogP) is 3.43. The first kappa shape index (κ1) is 22.0. The second kappa shape index (κ2) is 9.88. The van der Waals surface area contributed by atoms with Crippen LogP contribution in [0, 0.1) is 0 Å². The molecule has 0 spiro atoms. The molecule has 1 unspecified atom stereocenters. The maximum Gasteiger partial charge on any atom is 0.338 e. The summed E-state index contributed by atoms with van der Waals surface area (Å²) in [5, 5.41) is 5.58. The van der Waals surface area contributed by atoms with Gasteiger partial charge < -0.3 is 29.6 Å². The average molecular weight is 426 g/mol. The van der Waals surface area contributed by atoms with Crippen molar-refractivity contribution in [2.24, 2.45) is 0 Å². The van der Waals surface area contributed by atoms with Gasteiger partial charge in [0.2, 0.25) is 0 Å². The number of rotatable bonds is 8. The summed E-state index contributed by atoms with van der Waals surface area (Å²) in [6.07, 6.45) is 0. The lowest BCUT2D eigenvalue weighted by molar-refractivity contribution is -0.138. The van der Waals surface area contributed by atoms with E-state index < -0.39 is 18.0 Å². The van der Waals surface area contributed by atoms with Crippen molar-refractivity contribution in [2.75, 3.05) is 27.4 Å². The fourth-order valence-corrected chi connectivity index (χ4v) is 3.43. The number of ether oxygens (including phenoxy) is 4. The number of esters is 1. The monoisotopic (exact) mass is 426 g/mol. The lowest BCUT2D eigenvalue weighted by atomic mass is 9.92. The summed E-state index contributed by atoms with van der Waals surface area (Å²) in [6.45, 7) is 4.15. The minimum atomic E-state index is -0.804. The van der Waals surface area contributed by atoms with E-state index in [1.807, 2.05) is 6.92 Å². The van der Waals surface area contributed by atoms with Crippen LogP contribution in [0.5, 0.6) is 17.2 Å². The van der Waals surface area contributed by atoms with E-state index in [2.05, 4.69) is 10.6 Å². The van der Waals surface area contributed by atoms with Crippen molar-refractivity contribution in [3.63, 3.8) is 0 Å². The largest absolute Gasteiger partial charge is 0.497 e. The molecule has 2 aromatic carbocycles. The Morgan fingerprint density at radius 3 is 2.35 bits per heavy atom. The molecule has 8 nitrogen and oxygen atoms in total. The highest BCUT2D eigenvalue weighted by atomic mass is 16.5. The van der Waals surface area contributed by atoms with Crippen molar-refractivity contribution in [2.45, 2.75) is 19.9 Å². The molecule has 8 heteroatoms. The van der Waals surface area contributed by atoms with Crippen molar-refractivity contribution in [1.29, 1.82) is 0 Å². The van der Waals surface area contributed by atoms with Gasteiger partial charge in [0.15, 0.2) is 11.5 Å². The first-order valence-electron chi connectivity index (χ1n) is 9.96. The molecule has 0 bridgehead atoms. The van der Waals surface area contributed by atoms with E-state index >= 15 is 0 Å². The summed E-state index contributed by atoms with van der Waals surface area (Å²) in [5.74, 6) is 1.07. The molecule has 31 heavy (non-hydrogen) atoms. The van der Waals surface area contributed by atoms with Gasteiger partial charge >= 0.3 is 12.0 Å². The van der Waals surface area contributed by atoms with Crippen LogP contribution in [0.15, 0.2) is 48.0 Å². The van der Waals surface area contributed by atoms with Crippen LogP contribution < -0.4 is 24.8 Å². The molecule has 1 aliphatic rings.